The number of hydrogen-bond acceptors (Lipinski definition) is 3. The van der Waals surface area contributed by atoms with Gasteiger partial charge in [0.25, 0.3) is 0 Å². The van der Waals surface area contributed by atoms with E-state index in [1.165, 1.54) is 12.1 Å². The molecule has 0 aliphatic rings. The van der Waals surface area contributed by atoms with Crippen molar-refractivity contribution in [2.45, 2.75) is 17.6 Å². The fraction of sp³-hybridized carbons (Fsp3) is 0.200. The predicted octanol–water partition coefficient (Wildman–Crippen LogP) is 3.81. The first-order valence-electron chi connectivity index (χ1n) is 6.86. The molecule has 0 saturated carbocycles. The molecule has 25 heavy (non-hydrogen) atoms. The second kappa shape index (κ2) is 7.19. The van der Waals surface area contributed by atoms with Crippen LogP contribution in [0.5, 0.6) is 0 Å². The van der Waals surface area contributed by atoms with Gasteiger partial charge in [-0.1, -0.05) is 41.9 Å². The van der Waals surface area contributed by atoms with E-state index in [1.807, 2.05) is 0 Å². The van der Waals surface area contributed by atoms with Crippen LogP contribution in [-0.4, -0.2) is 25.4 Å². The van der Waals surface area contributed by atoms with E-state index < -0.39 is 45.0 Å². The van der Waals surface area contributed by atoms with E-state index in [1.54, 1.807) is 18.2 Å². The normalized spacial score (nSPS) is 12.6. The van der Waals surface area contributed by atoms with Gasteiger partial charge in [0.2, 0.25) is 10.0 Å². The van der Waals surface area contributed by atoms with Crippen LogP contribution in [0, 0.1) is 5.82 Å². The monoisotopic (exact) mass is 396 g/mol. The van der Waals surface area contributed by atoms with E-state index in [4.69, 9.17) is 17.3 Å². The fourth-order valence-corrected chi connectivity index (χ4v) is 3.94. The number of halogens is 5. The van der Waals surface area contributed by atoms with Gasteiger partial charge in [0.15, 0.2) is 5.82 Å². The first kappa shape index (κ1) is 19.5. The topological polar surface area (TPSA) is 63.4 Å². The summed E-state index contributed by atoms with van der Waals surface area (Å²) in [6, 6.07) is 9.36. The van der Waals surface area contributed by atoms with Crippen molar-refractivity contribution < 1.29 is 26.0 Å². The van der Waals surface area contributed by atoms with Gasteiger partial charge in [-0.15, -0.1) is 0 Å². The molecule has 0 aliphatic carbocycles. The number of benzene rings is 2. The lowest BCUT2D eigenvalue weighted by Gasteiger charge is -2.24. The number of rotatable bonds is 5. The van der Waals surface area contributed by atoms with E-state index >= 15 is 0 Å². The van der Waals surface area contributed by atoms with Crippen LogP contribution >= 0.6 is 11.6 Å². The number of hydrogen-bond donors (Lipinski definition) is 1. The standard InChI is InChI=1S/C15H13ClF4N2O2S/c16-12-6-11(21)7-13(14(12)17)25(23,24)22(9-15(18,19)20)8-10-4-2-1-3-5-10/h1-7H,8-9,21H2. The van der Waals surface area contributed by atoms with Gasteiger partial charge in [0.1, 0.15) is 11.4 Å². The highest BCUT2D eigenvalue weighted by Crippen LogP contribution is 2.30. The molecule has 0 aliphatic heterocycles. The van der Waals surface area contributed by atoms with Crippen LogP contribution in [0.2, 0.25) is 5.02 Å². The Kier molecular flexibility index (Phi) is 5.60. The molecule has 2 aromatic rings. The van der Waals surface area contributed by atoms with Crippen molar-refractivity contribution in [1.29, 1.82) is 0 Å². The Morgan fingerprint density at radius 2 is 1.72 bits per heavy atom. The minimum atomic E-state index is -4.83. The lowest BCUT2D eigenvalue weighted by molar-refractivity contribution is -0.136. The van der Waals surface area contributed by atoms with Crippen LogP contribution in [0.1, 0.15) is 5.56 Å². The van der Waals surface area contributed by atoms with Crippen molar-refractivity contribution in [2.75, 3.05) is 12.3 Å². The molecule has 0 bridgehead atoms. The zero-order chi connectivity index (χ0) is 18.8. The Balaban J connectivity index is 2.52. The number of anilines is 1. The average molecular weight is 397 g/mol. The molecule has 2 rings (SSSR count). The van der Waals surface area contributed by atoms with Gasteiger partial charge in [-0.2, -0.15) is 17.5 Å². The van der Waals surface area contributed by atoms with Gasteiger partial charge in [-0.3, -0.25) is 0 Å². The maximum Gasteiger partial charge on any atom is 0.402 e. The SMILES string of the molecule is Nc1cc(Cl)c(F)c(S(=O)(=O)N(Cc2ccccc2)CC(F)(F)F)c1. The lowest BCUT2D eigenvalue weighted by Crippen LogP contribution is -2.38. The molecule has 2 aromatic carbocycles. The third-order valence-corrected chi connectivity index (χ3v) is 5.26. The molecule has 0 spiro atoms. The fourth-order valence-electron chi connectivity index (χ4n) is 2.12. The first-order valence-corrected chi connectivity index (χ1v) is 8.68. The number of alkyl halides is 3. The summed E-state index contributed by atoms with van der Waals surface area (Å²) < 4.78 is 78.1. The lowest BCUT2D eigenvalue weighted by atomic mass is 10.2. The second-order valence-corrected chi connectivity index (χ2v) is 7.50. The molecule has 0 heterocycles. The van der Waals surface area contributed by atoms with Gasteiger partial charge in [0.05, 0.1) is 5.02 Å². The Morgan fingerprint density at radius 3 is 2.28 bits per heavy atom. The molecule has 136 valence electrons. The second-order valence-electron chi connectivity index (χ2n) is 5.19. The van der Waals surface area contributed by atoms with Crippen molar-refractivity contribution >= 4 is 27.3 Å². The van der Waals surface area contributed by atoms with Crippen LogP contribution in [0.3, 0.4) is 0 Å². The Labute approximate surface area is 146 Å². The van der Waals surface area contributed by atoms with Crippen LogP contribution in [0.4, 0.5) is 23.2 Å². The Morgan fingerprint density at radius 1 is 1.12 bits per heavy atom. The van der Waals surface area contributed by atoms with Crippen molar-refractivity contribution in [3.8, 4) is 0 Å². The van der Waals surface area contributed by atoms with E-state index in [2.05, 4.69) is 0 Å². The summed E-state index contributed by atoms with van der Waals surface area (Å²) in [5, 5.41) is -0.592. The summed E-state index contributed by atoms with van der Waals surface area (Å²) in [5.74, 6) is -1.35. The molecule has 0 saturated heterocycles. The molecule has 4 nitrogen and oxygen atoms in total. The molecule has 0 unspecified atom stereocenters. The Hall–Kier alpha value is -1.84. The molecule has 0 fully saturated rings. The highest BCUT2D eigenvalue weighted by molar-refractivity contribution is 7.89. The largest absolute Gasteiger partial charge is 0.402 e. The van der Waals surface area contributed by atoms with Crippen molar-refractivity contribution in [2.24, 2.45) is 0 Å². The van der Waals surface area contributed by atoms with E-state index in [0.717, 1.165) is 12.1 Å². The van der Waals surface area contributed by atoms with Gasteiger partial charge in [0, 0.05) is 12.2 Å². The molecule has 0 aromatic heterocycles. The highest BCUT2D eigenvalue weighted by Gasteiger charge is 2.38. The van der Waals surface area contributed by atoms with E-state index in [-0.39, 0.29) is 9.99 Å². The van der Waals surface area contributed by atoms with Crippen molar-refractivity contribution in [1.82, 2.24) is 4.31 Å². The smallest absolute Gasteiger partial charge is 0.399 e. The molecular weight excluding hydrogens is 384 g/mol. The molecule has 0 radical (unpaired) electrons. The maximum absolute atomic E-state index is 14.1. The van der Waals surface area contributed by atoms with Gasteiger partial charge < -0.3 is 5.73 Å². The van der Waals surface area contributed by atoms with Gasteiger partial charge >= 0.3 is 6.18 Å². The summed E-state index contributed by atoms with van der Waals surface area (Å²) >= 11 is 5.56. The van der Waals surface area contributed by atoms with E-state index in [9.17, 15) is 26.0 Å². The minimum absolute atomic E-state index is 0.135. The third kappa shape index (κ3) is 4.83. The van der Waals surface area contributed by atoms with Gasteiger partial charge in [-0.05, 0) is 17.7 Å². The zero-order valence-corrected chi connectivity index (χ0v) is 14.2. The summed E-state index contributed by atoms with van der Waals surface area (Å²) in [4.78, 5) is -1.00. The number of sulfonamides is 1. The third-order valence-electron chi connectivity index (χ3n) is 3.19. The zero-order valence-electron chi connectivity index (χ0n) is 12.6. The minimum Gasteiger partial charge on any atom is -0.399 e. The Bertz CT molecular complexity index is 858. The summed E-state index contributed by atoms with van der Waals surface area (Å²) in [7, 11) is -4.83. The van der Waals surface area contributed by atoms with Crippen LogP contribution < -0.4 is 5.73 Å². The maximum atomic E-state index is 14.1. The summed E-state index contributed by atoms with van der Waals surface area (Å²) in [6.45, 7) is -2.37. The molecule has 0 amide bonds. The average Bonchev–Trinajstić information content (AvgIpc) is 2.50. The molecule has 10 heteroatoms. The number of nitrogens with zero attached hydrogens (tertiary/aromatic N) is 1. The molecule has 0 atom stereocenters. The number of nitrogen functional groups attached to an aromatic ring is 1. The predicted molar refractivity (Wildman–Crippen MR) is 85.9 cm³/mol. The van der Waals surface area contributed by atoms with Crippen molar-refractivity contribution in [3.63, 3.8) is 0 Å². The highest BCUT2D eigenvalue weighted by atomic mass is 35.5. The van der Waals surface area contributed by atoms with Crippen LogP contribution in [0.15, 0.2) is 47.4 Å². The molecule has 2 N–H and O–H groups in total. The van der Waals surface area contributed by atoms with E-state index in [0.29, 0.717) is 5.56 Å². The van der Waals surface area contributed by atoms with Gasteiger partial charge in [-0.25, -0.2) is 12.8 Å². The molecular formula is C15H13ClF4N2O2S. The summed E-state index contributed by atoms with van der Waals surface area (Å²) in [5.41, 5.74) is 5.58. The van der Waals surface area contributed by atoms with Crippen molar-refractivity contribution in [3.05, 3.63) is 58.9 Å². The first-order chi connectivity index (χ1) is 11.5. The number of nitrogens with two attached hydrogens (primary N) is 1. The van der Waals surface area contributed by atoms with Crippen LogP contribution in [0.25, 0.3) is 0 Å². The summed E-state index contributed by atoms with van der Waals surface area (Å²) in [6.07, 6.45) is -4.82. The van der Waals surface area contributed by atoms with Crippen LogP contribution in [-0.2, 0) is 16.6 Å². The quantitative estimate of drug-likeness (QED) is 0.617.